The van der Waals surface area contributed by atoms with Crippen molar-refractivity contribution in [3.8, 4) is 11.1 Å². The van der Waals surface area contributed by atoms with Gasteiger partial charge in [-0.2, -0.15) is 0 Å². The zero-order valence-electron chi connectivity index (χ0n) is 8.43. The molecule has 1 nitrogen and oxygen atoms in total. The van der Waals surface area contributed by atoms with E-state index in [0.29, 0.717) is 6.32 Å². The first-order chi connectivity index (χ1) is 7.40. The number of benzene rings is 2. The van der Waals surface area contributed by atoms with E-state index in [1.54, 1.807) is 0 Å². The van der Waals surface area contributed by atoms with Crippen molar-refractivity contribution in [2.24, 2.45) is 0 Å². The number of hydrogen-bond acceptors (Lipinski definition) is 1. The molecule has 0 saturated heterocycles. The van der Waals surface area contributed by atoms with Crippen molar-refractivity contribution >= 4 is 7.48 Å². The third-order valence-corrected chi connectivity index (χ3v) is 2.39. The molecule has 0 unspecified atom stereocenters. The number of rotatable bonds is 3. The molecule has 1 radical (unpaired) electrons. The molecule has 0 spiro atoms. The molecule has 0 aliphatic rings. The first kappa shape index (κ1) is 10.00. The first-order valence-electron chi connectivity index (χ1n) is 5.00. The summed E-state index contributed by atoms with van der Waals surface area (Å²) >= 11 is 0. The lowest BCUT2D eigenvalue weighted by Gasteiger charge is -2.02. The monoisotopic (exact) mass is 195 g/mol. The number of hydrogen-bond donors (Lipinski definition) is 1. The van der Waals surface area contributed by atoms with E-state index in [2.05, 4.69) is 24.3 Å². The van der Waals surface area contributed by atoms with Gasteiger partial charge in [-0.25, -0.2) is 0 Å². The Hall–Kier alpha value is -1.54. The molecule has 0 aliphatic heterocycles. The summed E-state index contributed by atoms with van der Waals surface area (Å²) in [4.78, 5) is 0. The van der Waals surface area contributed by atoms with Gasteiger partial charge in [0.2, 0.25) is 0 Å². The van der Waals surface area contributed by atoms with Gasteiger partial charge in [0.25, 0.3) is 7.48 Å². The van der Waals surface area contributed by atoms with E-state index in [1.165, 1.54) is 18.6 Å². The van der Waals surface area contributed by atoms with Crippen molar-refractivity contribution in [1.29, 1.82) is 0 Å². The van der Waals surface area contributed by atoms with Crippen LogP contribution in [0.2, 0.25) is 0 Å². The Morgan fingerprint density at radius 3 is 2.00 bits per heavy atom. The van der Waals surface area contributed by atoms with Gasteiger partial charge in [0.1, 0.15) is 0 Å². The molecule has 15 heavy (non-hydrogen) atoms. The van der Waals surface area contributed by atoms with Gasteiger partial charge in [-0.05, 0) is 17.4 Å². The Morgan fingerprint density at radius 1 is 0.800 bits per heavy atom. The van der Waals surface area contributed by atoms with E-state index in [0.717, 1.165) is 5.56 Å². The quantitative estimate of drug-likeness (QED) is 0.745. The Labute approximate surface area is 90.7 Å². The minimum atomic E-state index is 0.606. The molecule has 0 fully saturated rings. The summed E-state index contributed by atoms with van der Waals surface area (Å²) in [6, 6.07) is 18.5. The van der Waals surface area contributed by atoms with E-state index in [9.17, 15) is 0 Å². The topological polar surface area (TPSA) is 20.2 Å². The molecule has 0 heterocycles. The normalized spacial score (nSPS) is 9.93. The van der Waals surface area contributed by atoms with E-state index in [1.807, 2.05) is 30.3 Å². The third kappa shape index (κ3) is 2.48. The Morgan fingerprint density at radius 2 is 1.40 bits per heavy atom. The van der Waals surface area contributed by atoms with Crippen LogP contribution in [-0.4, -0.2) is 12.5 Å². The molecule has 2 aromatic rings. The van der Waals surface area contributed by atoms with Gasteiger partial charge in [-0.3, -0.25) is 0 Å². The van der Waals surface area contributed by atoms with Crippen molar-refractivity contribution in [1.82, 2.24) is 0 Å². The molecule has 0 saturated carbocycles. The molecule has 0 amide bonds. The fraction of sp³-hybridized carbons (Fsp3) is 0.0769. The highest BCUT2D eigenvalue weighted by Crippen LogP contribution is 2.19. The van der Waals surface area contributed by atoms with E-state index < -0.39 is 0 Å². The molecule has 2 heteroatoms. The second-order valence-corrected chi connectivity index (χ2v) is 3.45. The van der Waals surface area contributed by atoms with E-state index in [4.69, 9.17) is 5.02 Å². The second-order valence-electron chi connectivity index (χ2n) is 3.45. The van der Waals surface area contributed by atoms with Crippen LogP contribution in [-0.2, 0) is 6.32 Å². The maximum Gasteiger partial charge on any atom is 0.291 e. The highest BCUT2D eigenvalue weighted by molar-refractivity contribution is 6.24. The molecule has 1 N–H and O–H groups in total. The van der Waals surface area contributed by atoms with Crippen molar-refractivity contribution < 1.29 is 5.02 Å². The zero-order valence-corrected chi connectivity index (χ0v) is 8.43. The Bertz CT molecular complexity index is 408. The first-order valence-corrected chi connectivity index (χ1v) is 5.00. The van der Waals surface area contributed by atoms with Crippen molar-refractivity contribution in [3.63, 3.8) is 0 Å². The van der Waals surface area contributed by atoms with Crippen LogP contribution in [0.15, 0.2) is 54.6 Å². The van der Waals surface area contributed by atoms with Crippen LogP contribution in [0, 0.1) is 0 Å². The summed E-state index contributed by atoms with van der Waals surface area (Å²) in [6.07, 6.45) is 0.606. The predicted octanol–water partition coefficient (Wildman–Crippen LogP) is 2.47. The fourth-order valence-corrected chi connectivity index (χ4v) is 1.57. The lowest BCUT2D eigenvalue weighted by molar-refractivity contribution is 0.600. The van der Waals surface area contributed by atoms with Crippen LogP contribution < -0.4 is 0 Å². The van der Waals surface area contributed by atoms with Crippen LogP contribution in [0.5, 0.6) is 0 Å². The Kier molecular flexibility index (Phi) is 3.20. The SMILES string of the molecule is O[B]Cc1ccc(-c2ccccc2)cc1. The molecule has 0 aliphatic carbocycles. The van der Waals surface area contributed by atoms with Crippen molar-refractivity contribution in [2.45, 2.75) is 6.32 Å². The van der Waals surface area contributed by atoms with Gasteiger partial charge >= 0.3 is 0 Å². The second kappa shape index (κ2) is 4.81. The fourth-order valence-electron chi connectivity index (χ4n) is 1.57. The van der Waals surface area contributed by atoms with Crippen molar-refractivity contribution in [2.75, 3.05) is 0 Å². The molecular formula is C13H12BO. The molecule has 2 rings (SSSR count). The van der Waals surface area contributed by atoms with Gasteiger partial charge in [0.15, 0.2) is 0 Å². The van der Waals surface area contributed by atoms with E-state index in [-0.39, 0.29) is 0 Å². The van der Waals surface area contributed by atoms with Gasteiger partial charge in [0, 0.05) is 0 Å². The largest absolute Gasteiger partial charge is 0.454 e. The summed E-state index contributed by atoms with van der Waals surface area (Å²) < 4.78 is 0. The van der Waals surface area contributed by atoms with Crippen LogP contribution >= 0.6 is 0 Å². The minimum absolute atomic E-state index is 0.606. The molecule has 0 atom stereocenters. The average Bonchev–Trinajstić information content (AvgIpc) is 2.32. The maximum atomic E-state index is 8.68. The predicted molar refractivity (Wildman–Crippen MR) is 63.6 cm³/mol. The van der Waals surface area contributed by atoms with Gasteiger partial charge < -0.3 is 5.02 Å². The minimum Gasteiger partial charge on any atom is -0.454 e. The molecule has 2 aromatic carbocycles. The van der Waals surface area contributed by atoms with Crippen LogP contribution in [0.3, 0.4) is 0 Å². The summed E-state index contributed by atoms with van der Waals surface area (Å²) in [5.74, 6) is 0. The zero-order chi connectivity index (χ0) is 10.5. The average molecular weight is 195 g/mol. The Balaban J connectivity index is 2.24. The highest BCUT2D eigenvalue weighted by Gasteiger charge is 1.97. The molecular weight excluding hydrogens is 183 g/mol. The smallest absolute Gasteiger partial charge is 0.291 e. The van der Waals surface area contributed by atoms with Crippen molar-refractivity contribution in [3.05, 3.63) is 60.2 Å². The van der Waals surface area contributed by atoms with Crippen LogP contribution in [0.1, 0.15) is 5.56 Å². The summed E-state index contributed by atoms with van der Waals surface area (Å²) in [6.45, 7) is 0. The highest BCUT2D eigenvalue weighted by atomic mass is 16.2. The van der Waals surface area contributed by atoms with E-state index >= 15 is 0 Å². The van der Waals surface area contributed by atoms with Crippen LogP contribution in [0.25, 0.3) is 11.1 Å². The molecule has 0 bridgehead atoms. The molecule has 73 valence electrons. The lowest BCUT2D eigenvalue weighted by Crippen LogP contribution is -1.94. The van der Waals surface area contributed by atoms with Gasteiger partial charge in [0.05, 0.1) is 0 Å². The maximum absolute atomic E-state index is 8.68. The standard InChI is InChI=1S/C13H12BO/c15-14-10-11-6-8-13(9-7-11)12-4-2-1-3-5-12/h1-9,15H,10H2. The lowest BCUT2D eigenvalue weighted by atomic mass is 9.89. The van der Waals surface area contributed by atoms with Gasteiger partial charge in [-0.1, -0.05) is 60.2 Å². The summed E-state index contributed by atoms with van der Waals surface area (Å²) in [5.41, 5.74) is 3.55. The summed E-state index contributed by atoms with van der Waals surface area (Å²) in [7, 11) is 1.18. The molecule has 0 aromatic heterocycles. The van der Waals surface area contributed by atoms with Crippen LogP contribution in [0.4, 0.5) is 0 Å². The summed E-state index contributed by atoms with van der Waals surface area (Å²) in [5, 5.41) is 8.68. The third-order valence-electron chi connectivity index (χ3n) is 2.39. The van der Waals surface area contributed by atoms with Gasteiger partial charge in [-0.15, -0.1) is 0 Å².